The molecule has 0 saturated carbocycles. The van der Waals surface area contributed by atoms with Crippen molar-refractivity contribution in [2.24, 2.45) is 5.10 Å². The number of hydrogen-bond acceptors (Lipinski definition) is 6. The maximum atomic E-state index is 11.9. The molecule has 0 saturated heterocycles. The lowest BCUT2D eigenvalue weighted by molar-refractivity contribution is -0.123. The van der Waals surface area contributed by atoms with Crippen LogP contribution in [0.25, 0.3) is 0 Å². The summed E-state index contributed by atoms with van der Waals surface area (Å²) in [6, 6.07) is 8.81. The third kappa shape index (κ3) is 4.66. The number of hydrazone groups is 1. The number of amides is 1. The molecule has 1 amide bonds. The lowest BCUT2D eigenvalue weighted by Crippen LogP contribution is -2.24. The fourth-order valence-corrected chi connectivity index (χ4v) is 2.22. The Morgan fingerprint density at radius 3 is 2.42 bits per heavy atom. The number of nitrogens with one attached hydrogen (secondary N) is 1. The van der Waals surface area contributed by atoms with E-state index in [1.54, 1.807) is 12.1 Å². The average molecular weight is 358 g/mol. The summed E-state index contributed by atoms with van der Waals surface area (Å²) in [5.41, 5.74) is 5.06. The zero-order valence-electron chi connectivity index (χ0n) is 15.2. The Morgan fingerprint density at radius 1 is 1.15 bits per heavy atom. The number of methoxy groups -OCH3 is 2. The summed E-state index contributed by atoms with van der Waals surface area (Å²) in [6.07, 6.45) is 1.42. The fourth-order valence-electron chi connectivity index (χ4n) is 2.22. The molecule has 7 nitrogen and oxygen atoms in total. The Kier molecular flexibility index (Phi) is 6.43. The van der Waals surface area contributed by atoms with Gasteiger partial charge in [0.1, 0.15) is 5.75 Å². The van der Waals surface area contributed by atoms with E-state index in [1.165, 1.54) is 20.4 Å². The lowest BCUT2D eigenvalue weighted by atomic mass is 10.1. The predicted octanol–water partition coefficient (Wildman–Crippen LogP) is 2.56. The van der Waals surface area contributed by atoms with Crippen LogP contribution in [0.15, 0.2) is 35.4 Å². The Hall–Kier alpha value is -3.22. The van der Waals surface area contributed by atoms with Crippen molar-refractivity contribution in [1.29, 1.82) is 0 Å². The van der Waals surface area contributed by atoms with Gasteiger partial charge in [-0.05, 0) is 43.2 Å². The maximum absolute atomic E-state index is 11.9. The summed E-state index contributed by atoms with van der Waals surface area (Å²) in [5, 5.41) is 13.7. The largest absolute Gasteiger partial charge is 0.502 e. The third-order valence-corrected chi connectivity index (χ3v) is 3.82. The summed E-state index contributed by atoms with van der Waals surface area (Å²) in [4.78, 5) is 11.9. The van der Waals surface area contributed by atoms with Crippen LogP contribution in [-0.2, 0) is 4.79 Å². The van der Waals surface area contributed by atoms with Crippen LogP contribution in [0.2, 0.25) is 0 Å². The topological polar surface area (TPSA) is 89.4 Å². The smallest absolute Gasteiger partial charge is 0.277 e. The van der Waals surface area contributed by atoms with Gasteiger partial charge in [-0.15, -0.1) is 0 Å². The first-order valence-electron chi connectivity index (χ1n) is 7.92. The predicted molar refractivity (Wildman–Crippen MR) is 98.4 cm³/mol. The van der Waals surface area contributed by atoms with Crippen LogP contribution in [0.4, 0.5) is 0 Å². The first-order valence-corrected chi connectivity index (χ1v) is 7.92. The number of carbonyl (C=O) groups excluding carboxylic acids is 1. The Labute approximate surface area is 152 Å². The fraction of sp³-hybridized carbons (Fsp3) is 0.263. The minimum Gasteiger partial charge on any atom is -0.502 e. The number of nitrogens with zero attached hydrogens (tertiary/aromatic N) is 1. The molecule has 0 heterocycles. The molecular weight excluding hydrogens is 336 g/mol. The van der Waals surface area contributed by atoms with Gasteiger partial charge in [0.15, 0.2) is 18.1 Å². The first-order chi connectivity index (χ1) is 12.5. The summed E-state index contributed by atoms with van der Waals surface area (Å²) < 4.78 is 15.6. The van der Waals surface area contributed by atoms with Crippen molar-refractivity contribution in [3.8, 4) is 23.0 Å². The van der Waals surface area contributed by atoms with Gasteiger partial charge in [-0.3, -0.25) is 4.79 Å². The molecular formula is C19H22N2O5. The SMILES string of the molecule is COc1cc(/C=N\NC(=O)COc2cccc(C)c2C)cc(OC)c1O. The van der Waals surface area contributed by atoms with Crippen molar-refractivity contribution < 1.29 is 24.1 Å². The number of carbonyl (C=O) groups is 1. The molecule has 0 aliphatic heterocycles. The standard InChI is InChI=1S/C19H22N2O5/c1-12-6-5-7-15(13(12)2)26-11-18(22)21-20-10-14-8-16(24-3)19(23)17(9-14)25-4/h5-10,23H,11H2,1-4H3,(H,21,22)/b20-10-. The second kappa shape index (κ2) is 8.75. The van der Waals surface area contributed by atoms with Gasteiger partial charge in [0, 0.05) is 5.56 Å². The number of phenolic OH excluding ortho intramolecular Hbond substituents is 1. The van der Waals surface area contributed by atoms with Gasteiger partial charge in [-0.1, -0.05) is 12.1 Å². The van der Waals surface area contributed by atoms with Gasteiger partial charge in [-0.25, -0.2) is 5.43 Å². The minimum absolute atomic E-state index is 0.0990. The number of aryl methyl sites for hydroxylation is 1. The number of aromatic hydroxyl groups is 1. The van der Waals surface area contributed by atoms with Crippen LogP contribution >= 0.6 is 0 Å². The van der Waals surface area contributed by atoms with Crippen molar-refractivity contribution >= 4 is 12.1 Å². The highest BCUT2D eigenvalue weighted by Crippen LogP contribution is 2.36. The molecule has 7 heteroatoms. The first kappa shape index (κ1) is 19.1. The van der Waals surface area contributed by atoms with Crippen LogP contribution in [0.5, 0.6) is 23.0 Å². The number of hydrogen-bond donors (Lipinski definition) is 2. The van der Waals surface area contributed by atoms with Crippen molar-refractivity contribution in [3.63, 3.8) is 0 Å². The number of benzene rings is 2. The van der Waals surface area contributed by atoms with Gasteiger partial charge < -0.3 is 19.3 Å². The Morgan fingerprint density at radius 2 is 1.81 bits per heavy atom. The average Bonchev–Trinajstić information content (AvgIpc) is 2.64. The molecule has 0 atom stereocenters. The summed E-state index contributed by atoms with van der Waals surface area (Å²) in [7, 11) is 2.86. The summed E-state index contributed by atoms with van der Waals surface area (Å²) in [6.45, 7) is 3.77. The van der Waals surface area contributed by atoms with E-state index >= 15 is 0 Å². The highest BCUT2D eigenvalue weighted by atomic mass is 16.5. The van der Waals surface area contributed by atoms with E-state index in [1.807, 2.05) is 32.0 Å². The number of phenols is 1. The van der Waals surface area contributed by atoms with Gasteiger partial charge >= 0.3 is 0 Å². The number of rotatable bonds is 7. The highest BCUT2D eigenvalue weighted by molar-refractivity contribution is 5.84. The molecule has 0 fully saturated rings. The summed E-state index contributed by atoms with van der Waals surface area (Å²) >= 11 is 0. The van der Waals surface area contributed by atoms with Gasteiger partial charge in [0.2, 0.25) is 5.75 Å². The van der Waals surface area contributed by atoms with E-state index in [0.717, 1.165) is 11.1 Å². The molecule has 2 N–H and O–H groups in total. The monoisotopic (exact) mass is 358 g/mol. The second-order valence-electron chi connectivity index (χ2n) is 5.55. The molecule has 2 aromatic rings. The molecule has 0 aromatic heterocycles. The maximum Gasteiger partial charge on any atom is 0.277 e. The molecule has 0 aliphatic carbocycles. The minimum atomic E-state index is -0.389. The Bertz CT molecular complexity index is 793. The zero-order chi connectivity index (χ0) is 19.1. The van der Waals surface area contributed by atoms with E-state index in [4.69, 9.17) is 14.2 Å². The van der Waals surface area contributed by atoms with Crippen molar-refractivity contribution in [1.82, 2.24) is 5.43 Å². The molecule has 0 spiro atoms. The quantitative estimate of drug-likeness (QED) is 0.586. The van der Waals surface area contributed by atoms with Crippen molar-refractivity contribution in [3.05, 3.63) is 47.0 Å². The Balaban J connectivity index is 1.95. The molecule has 2 aromatic carbocycles. The lowest BCUT2D eigenvalue weighted by Gasteiger charge is -2.10. The van der Waals surface area contributed by atoms with Crippen LogP contribution in [0, 0.1) is 13.8 Å². The normalized spacial score (nSPS) is 10.6. The second-order valence-corrected chi connectivity index (χ2v) is 5.55. The van der Waals surface area contributed by atoms with E-state index in [-0.39, 0.29) is 29.8 Å². The van der Waals surface area contributed by atoms with Crippen LogP contribution in [0.1, 0.15) is 16.7 Å². The van der Waals surface area contributed by atoms with Gasteiger partial charge in [0.05, 0.1) is 20.4 Å². The third-order valence-electron chi connectivity index (χ3n) is 3.82. The van der Waals surface area contributed by atoms with E-state index in [9.17, 15) is 9.90 Å². The summed E-state index contributed by atoms with van der Waals surface area (Å²) in [5.74, 6) is 0.667. The van der Waals surface area contributed by atoms with Gasteiger partial charge in [0.25, 0.3) is 5.91 Å². The van der Waals surface area contributed by atoms with Crippen molar-refractivity contribution in [2.45, 2.75) is 13.8 Å². The molecule has 0 radical (unpaired) electrons. The molecule has 138 valence electrons. The molecule has 0 bridgehead atoms. The van der Waals surface area contributed by atoms with Gasteiger partial charge in [-0.2, -0.15) is 5.10 Å². The number of ether oxygens (including phenoxy) is 3. The van der Waals surface area contributed by atoms with E-state index < -0.39 is 0 Å². The van der Waals surface area contributed by atoms with Crippen LogP contribution in [-0.4, -0.2) is 38.1 Å². The van der Waals surface area contributed by atoms with Crippen molar-refractivity contribution in [2.75, 3.05) is 20.8 Å². The van der Waals surface area contributed by atoms with Crippen LogP contribution < -0.4 is 19.6 Å². The van der Waals surface area contributed by atoms with E-state index in [2.05, 4.69) is 10.5 Å². The molecule has 0 unspecified atom stereocenters. The molecule has 2 rings (SSSR count). The molecule has 0 aliphatic rings. The van der Waals surface area contributed by atoms with E-state index in [0.29, 0.717) is 11.3 Å². The van der Waals surface area contributed by atoms with Crippen LogP contribution in [0.3, 0.4) is 0 Å². The molecule has 26 heavy (non-hydrogen) atoms. The zero-order valence-corrected chi connectivity index (χ0v) is 15.2. The highest BCUT2D eigenvalue weighted by Gasteiger charge is 2.10.